The first-order valence-electron chi connectivity index (χ1n) is 7.38. The Balaban J connectivity index is 2.27. The van der Waals surface area contributed by atoms with E-state index in [1.807, 2.05) is 0 Å². The smallest absolute Gasteiger partial charge is 0.341 e. The normalized spacial score (nSPS) is 10.7. The zero-order valence-electron chi connectivity index (χ0n) is 12.3. The summed E-state index contributed by atoms with van der Waals surface area (Å²) in [6.45, 7) is 2.31. The van der Waals surface area contributed by atoms with E-state index in [2.05, 4.69) is 6.92 Å². The van der Waals surface area contributed by atoms with Crippen molar-refractivity contribution in [1.29, 1.82) is 0 Å². The van der Waals surface area contributed by atoms with Gasteiger partial charge in [0.05, 0.1) is 12.2 Å². The summed E-state index contributed by atoms with van der Waals surface area (Å²) in [5, 5.41) is 0. The summed E-state index contributed by atoms with van der Waals surface area (Å²) in [6.07, 6.45) is 7.45. The lowest BCUT2D eigenvalue weighted by atomic mass is 10.1. The fourth-order valence-electron chi connectivity index (χ4n) is 1.99. The van der Waals surface area contributed by atoms with E-state index in [-0.39, 0.29) is 6.61 Å². The number of carbonyl (C=O) groups is 1. The summed E-state index contributed by atoms with van der Waals surface area (Å²) in [6, 6.07) is 1.60. The molecule has 21 heavy (non-hydrogen) atoms. The second-order valence-corrected chi connectivity index (χ2v) is 4.98. The maximum absolute atomic E-state index is 13.3. The molecule has 0 atom stereocenters. The van der Waals surface area contributed by atoms with Gasteiger partial charge in [0.2, 0.25) is 0 Å². The van der Waals surface area contributed by atoms with Crippen molar-refractivity contribution in [2.75, 3.05) is 6.61 Å². The van der Waals surface area contributed by atoms with E-state index in [4.69, 9.17) is 4.74 Å². The quantitative estimate of drug-likeness (QED) is 0.364. The molecular weight excluding hydrogens is 281 g/mol. The molecule has 0 aromatic heterocycles. The van der Waals surface area contributed by atoms with E-state index in [1.165, 1.54) is 19.3 Å². The highest BCUT2D eigenvalue weighted by molar-refractivity contribution is 5.89. The van der Waals surface area contributed by atoms with Crippen molar-refractivity contribution in [3.8, 4) is 0 Å². The molecule has 0 radical (unpaired) electrons. The third-order valence-electron chi connectivity index (χ3n) is 3.24. The van der Waals surface area contributed by atoms with Crippen molar-refractivity contribution < 1.29 is 22.7 Å². The molecule has 0 bridgehead atoms. The number of hydrogen-bond donors (Lipinski definition) is 0. The van der Waals surface area contributed by atoms with Gasteiger partial charge >= 0.3 is 5.97 Å². The lowest BCUT2D eigenvalue weighted by Gasteiger charge is -2.06. The molecule has 0 amide bonds. The highest BCUT2D eigenvalue weighted by Crippen LogP contribution is 2.16. The van der Waals surface area contributed by atoms with Gasteiger partial charge in [-0.3, -0.25) is 0 Å². The second kappa shape index (κ2) is 9.42. The van der Waals surface area contributed by atoms with Crippen molar-refractivity contribution in [3.05, 3.63) is 35.1 Å². The van der Waals surface area contributed by atoms with Crippen LogP contribution in [0.3, 0.4) is 0 Å². The first-order valence-corrected chi connectivity index (χ1v) is 7.38. The van der Waals surface area contributed by atoms with Crippen molar-refractivity contribution >= 4 is 5.97 Å². The van der Waals surface area contributed by atoms with Gasteiger partial charge in [-0.15, -0.1) is 0 Å². The fraction of sp³-hybridized carbons (Fsp3) is 0.562. The zero-order chi connectivity index (χ0) is 15.7. The van der Waals surface area contributed by atoms with Crippen molar-refractivity contribution in [2.45, 2.75) is 51.9 Å². The van der Waals surface area contributed by atoms with E-state index in [1.54, 1.807) is 0 Å². The van der Waals surface area contributed by atoms with Crippen LogP contribution in [0.4, 0.5) is 13.2 Å². The average Bonchev–Trinajstić information content (AvgIpc) is 2.47. The standard InChI is InChI=1S/C16H21F3O2/c1-2-3-4-5-6-7-8-11-21-16(20)12-9-10-13(17)15(19)14(12)18/h9-10H,2-8,11H2,1H3. The third-order valence-corrected chi connectivity index (χ3v) is 3.24. The van der Waals surface area contributed by atoms with Crippen LogP contribution in [0.2, 0.25) is 0 Å². The van der Waals surface area contributed by atoms with Gasteiger partial charge in [0, 0.05) is 0 Å². The van der Waals surface area contributed by atoms with Gasteiger partial charge in [-0.2, -0.15) is 0 Å². The summed E-state index contributed by atoms with van der Waals surface area (Å²) >= 11 is 0. The third kappa shape index (κ3) is 5.78. The Kier molecular flexibility index (Phi) is 7.87. The number of hydrogen-bond acceptors (Lipinski definition) is 2. The summed E-state index contributed by atoms with van der Waals surface area (Å²) < 4.78 is 43.9. The molecule has 0 aliphatic rings. The molecule has 0 saturated carbocycles. The molecule has 5 heteroatoms. The van der Waals surface area contributed by atoms with E-state index < -0.39 is 29.0 Å². The highest BCUT2D eigenvalue weighted by atomic mass is 19.2. The van der Waals surface area contributed by atoms with Gasteiger partial charge in [0.25, 0.3) is 0 Å². The topological polar surface area (TPSA) is 26.3 Å². The minimum atomic E-state index is -1.65. The van der Waals surface area contributed by atoms with Gasteiger partial charge in [0.1, 0.15) is 0 Å². The molecule has 1 aromatic carbocycles. The number of esters is 1. The molecule has 0 spiro atoms. The second-order valence-electron chi connectivity index (χ2n) is 4.98. The Morgan fingerprint density at radius 1 is 0.952 bits per heavy atom. The maximum Gasteiger partial charge on any atom is 0.341 e. The first kappa shape index (κ1) is 17.5. The van der Waals surface area contributed by atoms with E-state index in [0.29, 0.717) is 12.5 Å². The van der Waals surface area contributed by atoms with Crippen LogP contribution < -0.4 is 0 Å². The van der Waals surface area contributed by atoms with Gasteiger partial charge < -0.3 is 4.74 Å². The molecule has 0 N–H and O–H groups in total. The SMILES string of the molecule is CCCCCCCCCOC(=O)c1ccc(F)c(F)c1F. The summed E-state index contributed by atoms with van der Waals surface area (Å²) in [5.74, 6) is -5.44. The van der Waals surface area contributed by atoms with Crippen LogP contribution in [0.5, 0.6) is 0 Å². The summed E-state index contributed by atoms with van der Waals surface area (Å²) in [4.78, 5) is 11.6. The predicted octanol–water partition coefficient (Wildman–Crippen LogP) is 5.01. The molecule has 0 aliphatic carbocycles. The molecule has 0 saturated heterocycles. The van der Waals surface area contributed by atoms with Crippen molar-refractivity contribution in [3.63, 3.8) is 0 Å². The Hall–Kier alpha value is -1.52. The lowest BCUT2D eigenvalue weighted by molar-refractivity contribution is 0.0491. The van der Waals surface area contributed by atoms with Gasteiger partial charge in [-0.05, 0) is 18.6 Å². The Labute approximate surface area is 123 Å². The molecule has 0 aliphatic heterocycles. The number of ether oxygens (including phenoxy) is 1. The number of rotatable bonds is 9. The molecule has 0 heterocycles. The van der Waals surface area contributed by atoms with E-state index in [0.717, 1.165) is 25.3 Å². The Morgan fingerprint density at radius 2 is 1.57 bits per heavy atom. The molecule has 118 valence electrons. The molecule has 0 unspecified atom stereocenters. The van der Waals surface area contributed by atoms with Crippen LogP contribution in [0.1, 0.15) is 62.2 Å². The monoisotopic (exact) mass is 302 g/mol. The number of carbonyl (C=O) groups excluding carboxylic acids is 1. The minimum absolute atomic E-state index is 0.158. The van der Waals surface area contributed by atoms with Crippen LogP contribution >= 0.6 is 0 Å². The molecule has 1 aromatic rings. The van der Waals surface area contributed by atoms with Crippen LogP contribution in [-0.2, 0) is 4.74 Å². The van der Waals surface area contributed by atoms with Crippen LogP contribution in [0.25, 0.3) is 0 Å². The van der Waals surface area contributed by atoms with Crippen LogP contribution in [0, 0.1) is 17.5 Å². The summed E-state index contributed by atoms with van der Waals surface area (Å²) in [7, 11) is 0. The zero-order valence-corrected chi connectivity index (χ0v) is 12.3. The van der Waals surface area contributed by atoms with Crippen LogP contribution in [0.15, 0.2) is 12.1 Å². The number of benzene rings is 1. The van der Waals surface area contributed by atoms with E-state index >= 15 is 0 Å². The number of halogens is 3. The predicted molar refractivity (Wildman–Crippen MR) is 74.6 cm³/mol. The fourth-order valence-corrected chi connectivity index (χ4v) is 1.99. The van der Waals surface area contributed by atoms with Crippen LogP contribution in [-0.4, -0.2) is 12.6 Å². The van der Waals surface area contributed by atoms with Gasteiger partial charge in [-0.25, -0.2) is 18.0 Å². The first-order chi connectivity index (χ1) is 10.1. The van der Waals surface area contributed by atoms with Crippen molar-refractivity contribution in [2.24, 2.45) is 0 Å². The highest BCUT2D eigenvalue weighted by Gasteiger charge is 2.19. The summed E-state index contributed by atoms with van der Waals surface area (Å²) in [5.41, 5.74) is -0.572. The average molecular weight is 302 g/mol. The molecule has 1 rings (SSSR count). The van der Waals surface area contributed by atoms with E-state index in [9.17, 15) is 18.0 Å². The maximum atomic E-state index is 13.3. The van der Waals surface area contributed by atoms with Gasteiger partial charge in [0.15, 0.2) is 17.5 Å². The Morgan fingerprint density at radius 3 is 2.24 bits per heavy atom. The molecule has 0 fully saturated rings. The van der Waals surface area contributed by atoms with Crippen molar-refractivity contribution in [1.82, 2.24) is 0 Å². The number of unbranched alkanes of at least 4 members (excludes halogenated alkanes) is 6. The minimum Gasteiger partial charge on any atom is -0.462 e. The lowest BCUT2D eigenvalue weighted by Crippen LogP contribution is -2.10. The van der Waals surface area contributed by atoms with Gasteiger partial charge in [-0.1, -0.05) is 45.4 Å². The largest absolute Gasteiger partial charge is 0.462 e. The molecule has 2 nitrogen and oxygen atoms in total. The Bertz CT molecular complexity index is 461. The molecular formula is C16H21F3O2.